The minimum Gasteiger partial charge on any atom is -0.497 e. The van der Waals surface area contributed by atoms with Gasteiger partial charge in [0.25, 0.3) is 5.91 Å². The summed E-state index contributed by atoms with van der Waals surface area (Å²) in [5.74, 6) is -0.955. The summed E-state index contributed by atoms with van der Waals surface area (Å²) in [6.07, 6.45) is 0. The highest BCUT2D eigenvalue weighted by atomic mass is 35.5. The van der Waals surface area contributed by atoms with Crippen molar-refractivity contribution in [2.45, 2.75) is 4.84 Å². The van der Waals surface area contributed by atoms with Crippen molar-refractivity contribution in [2.24, 2.45) is 0 Å². The van der Waals surface area contributed by atoms with Crippen molar-refractivity contribution in [1.82, 2.24) is 0 Å². The summed E-state index contributed by atoms with van der Waals surface area (Å²) >= 11 is 11.3. The molecule has 0 unspecified atom stereocenters. The van der Waals surface area contributed by atoms with Gasteiger partial charge in [-0.3, -0.25) is 4.79 Å². The van der Waals surface area contributed by atoms with Crippen molar-refractivity contribution >= 4 is 34.8 Å². The summed E-state index contributed by atoms with van der Waals surface area (Å²) in [7, 11) is 2.86. The van der Waals surface area contributed by atoms with Crippen molar-refractivity contribution < 1.29 is 23.0 Å². The number of carbonyl (C=O) groups excluding carboxylic acids is 1. The number of anilines is 1. The van der Waals surface area contributed by atoms with E-state index < -0.39 is 22.4 Å². The molecular formula is C22H17Cl2F2NO3. The third-order valence-corrected chi connectivity index (χ3v) is 4.68. The van der Waals surface area contributed by atoms with Crippen molar-refractivity contribution in [3.63, 3.8) is 0 Å². The third-order valence-electron chi connectivity index (χ3n) is 4.28. The largest absolute Gasteiger partial charge is 0.497 e. The normalized spacial score (nSPS) is 10.8. The molecule has 0 aliphatic rings. The zero-order valence-corrected chi connectivity index (χ0v) is 17.5. The number of benzene rings is 3. The van der Waals surface area contributed by atoms with Crippen LogP contribution < -0.4 is 14.8 Å². The Morgan fingerprint density at radius 1 is 0.767 bits per heavy atom. The van der Waals surface area contributed by atoms with Gasteiger partial charge in [0.2, 0.25) is 0 Å². The molecule has 156 valence electrons. The van der Waals surface area contributed by atoms with E-state index in [-0.39, 0.29) is 0 Å². The number of rotatable bonds is 6. The Labute approximate surface area is 182 Å². The van der Waals surface area contributed by atoms with Crippen molar-refractivity contribution in [3.05, 3.63) is 66.2 Å². The molecule has 0 saturated carbocycles. The number of methoxy groups -OCH3 is 2. The number of alkyl halides is 2. The van der Waals surface area contributed by atoms with Crippen molar-refractivity contribution in [3.8, 4) is 33.8 Å². The second kappa shape index (κ2) is 9.32. The molecule has 0 radical (unpaired) electrons. The van der Waals surface area contributed by atoms with Gasteiger partial charge in [0.05, 0.1) is 14.2 Å². The van der Waals surface area contributed by atoms with Crippen LogP contribution in [0, 0.1) is 11.6 Å². The van der Waals surface area contributed by atoms with Gasteiger partial charge in [0, 0.05) is 17.8 Å². The molecule has 0 bridgehead atoms. The van der Waals surface area contributed by atoms with E-state index in [4.69, 9.17) is 32.7 Å². The van der Waals surface area contributed by atoms with Crippen LogP contribution in [0.1, 0.15) is 0 Å². The Morgan fingerprint density at radius 3 is 1.60 bits per heavy atom. The molecule has 4 nitrogen and oxygen atoms in total. The maximum Gasteiger partial charge on any atom is 0.257 e. The van der Waals surface area contributed by atoms with Crippen LogP contribution in [-0.2, 0) is 4.79 Å². The summed E-state index contributed by atoms with van der Waals surface area (Å²) < 4.78 is 38.3. The molecule has 1 amide bonds. The van der Waals surface area contributed by atoms with E-state index in [1.807, 2.05) is 0 Å². The molecule has 0 fully saturated rings. The molecule has 3 aromatic rings. The van der Waals surface area contributed by atoms with Gasteiger partial charge >= 0.3 is 0 Å². The van der Waals surface area contributed by atoms with Crippen LogP contribution in [0.15, 0.2) is 54.6 Å². The Kier molecular flexibility index (Phi) is 6.80. The minimum absolute atomic E-state index is 0.329. The highest BCUT2D eigenvalue weighted by Gasteiger charge is 2.15. The predicted molar refractivity (Wildman–Crippen MR) is 114 cm³/mol. The number of carbonyl (C=O) groups is 1. The van der Waals surface area contributed by atoms with Crippen LogP contribution in [0.4, 0.5) is 14.5 Å². The van der Waals surface area contributed by atoms with E-state index in [0.717, 1.165) is 0 Å². The van der Waals surface area contributed by atoms with Crippen LogP contribution in [0.25, 0.3) is 22.3 Å². The first-order valence-corrected chi connectivity index (χ1v) is 9.60. The first kappa shape index (κ1) is 21.9. The summed E-state index contributed by atoms with van der Waals surface area (Å²) in [5, 5.41) is 2.60. The molecule has 0 aliphatic heterocycles. The molecule has 0 heterocycles. The average molecular weight is 452 g/mol. The van der Waals surface area contributed by atoms with Crippen LogP contribution in [-0.4, -0.2) is 25.0 Å². The summed E-state index contributed by atoms with van der Waals surface area (Å²) in [6.45, 7) is 0. The van der Waals surface area contributed by atoms with E-state index in [2.05, 4.69) is 5.32 Å². The fraction of sp³-hybridized carbons (Fsp3) is 0.136. The highest BCUT2D eigenvalue weighted by molar-refractivity contribution is 6.54. The highest BCUT2D eigenvalue weighted by Crippen LogP contribution is 2.34. The summed E-state index contributed by atoms with van der Waals surface area (Å²) in [5.41, 5.74) is 2.47. The molecule has 0 aromatic heterocycles. The molecule has 0 atom stereocenters. The molecular weight excluding hydrogens is 435 g/mol. The van der Waals surface area contributed by atoms with Gasteiger partial charge in [-0.1, -0.05) is 23.2 Å². The Hall–Kier alpha value is -2.83. The molecule has 1 N–H and O–H groups in total. The fourth-order valence-electron chi connectivity index (χ4n) is 2.92. The maximum atomic E-state index is 14.0. The van der Waals surface area contributed by atoms with Gasteiger partial charge in [-0.15, -0.1) is 0 Å². The van der Waals surface area contributed by atoms with Crippen molar-refractivity contribution in [1.29, 1.82) is 0 Å². The van der Waals surface area contributed by atoms with E-state index in [9.17, 15) is 13.6 Å². The molecule has 0 aliphatic carbocycles. The number of amides is 1. The van der Waals surface area contributed by atoms with E-state index >= 15 is 0 Å². The van der Waals surface area contributed by atoms with Gasteiger partial charge in [-0.2, -0.15) is 0 Å². The summed E-state index contributed by atoms with van der Waals surface area (Å²) in [4.78, 5) is 10.7. The fourth-order valence-corrected chi connectivity index (χ4v) is 3.03. The van der Waals surface area contributed by atoms with Crippen LogP contribution in [0.2, 0.25) is 0 Å². The van der Waals surface area contributed by atoms with Gasteiger partial charge in [0.1, 0.15) is 23.1 Å². The Bertz CT molecular complexity index is 1020. The number of hydrogen-bond donors (Lipinski definition) is 1. The van der Waals surface area contributed by atoms with Gasteiger partial charge < -0.3 is 14.8 Å². The third kappa shape index (κ3) is 5.20. The zero-order chi connectivity index (χ0) is 21.8. The van der Waals surface area contributed by atoms with Crippen molar-refractivity contribution in [2.75, 3.05) is 19.5 Å². The molecule has 3 aromatic carbocycles. The zero-order valence-electron chi connectivity index (χ0n) is 16.0. The first-order valence-electron chi connectivity index (χ1n) is 8.73. The van der Waals surface area contributed by atoms with Gasteiger partial charge in [-0.05, 0) is 64.7 Å². The lowest BCUT2D eigenvalue weighted by Gasteiger charge is -2.14. The molecule has 0 spiro atoms. The lowest BCUT2D eigenvalue weighted by molar-refractivity contribution is -0.114. The van der Waals surface area contributed by atoms with Gasteiger partial charge in [0.15, 0.2) is 4.84 Å². The van der Waals surface area contributed by atoms with E-state index in [1.54, 1.807) is 30.3 Å². The maximum absolute atomic E-state index is 14.0. The summed E-state index contributed by atoms with van der Waals surface area (Å²) in [6, 6.07) is 13.4. The molecule has 30 heavy (non-hydrogen) atoms. The van der Waals surface area contributed by atoms with Crippen LogP contribution in [0.3, 0.4) is 0 Å². The number of ether oxygens (including phenoxy) is 2. The number of hydrogen-bond acceptors (Lipinski definition) is 3. The number of halogens is 4. The topological polar surface area (TPSA) is 47.6 Å². The second-order valence-corrected chi connectivity index (χ2v) is 7.44. The Balaban J connectivity index is 2.18. The lowest BCUT2D eigenvalue weighted by atomic mass is 9.97. The Morgan fingerprint density at radius 2 is 1.20 bits per heavy atom. The lowest BCUT2D eigenvalue weighted by Crippen LogP contribution is -2.18. The van der Waals surface area contributed by atoms with Crippen LogP contribution >= 0.6 is 23.2 Å². The van der Waals surface area contributed by atoms with E-state index in [0.29, 0.717) is 39.4 Å². The first-order chi connectivity index (χ1) is 14.3. The monoisotopic (exact) mass is 451 g/mol. The van der Waals surface area contributed by atoms with Gasteiger partial charge in [-0.25, -0.2) is 8.78 Å². The minimum atomic E-state index is -1.28. The predicted octanol–water partition coefficient (Wildman–Crippen LogP) is 6.06. The SMILES string of the molecule is COc1cc(F)cc(-c2cc(NC(=O)C(Cl)Cl)cc(-c3cc(F)cc(OC)c3)c2)c1. The molecule has 0 saturated heterocycles. The quantitative estimate of drug-likeness (QED) is 0.463. The second-order valence-electron chi connectivity index (χ2n) is 6.35. The van der Waals surface area contributed by atoms with E-state index in [1.165, 1.54) is 38.5 Å². The van der Waals surface area contributed by atoms with Crippen LogP contribution in [0.5, 0.6) is 11.5 Å². The number of nitrogens with one attached hydrogen (secondary N) is 1. The average Bonchev–Trinajstić information content (AvgIpc) is 2.72. The smallest absolute Gasteiger partial charge is 0.257 e. The molecule has 8 heteroatoms. The molecule has 3 rings (SSSR count). The standard InChI is InChI=1S/C22H17Cl2F2NO3/c1-29-19-8-14(4-16(25)10-19)12-3-13(7-18(6-12)27-22(28)21(23)24)15-5-17(26)11-20(9-15)30-2/h3-11,21H,1-2H3,(H,27,28).